The molecule has 49 heavy (non-hydrogen) atoms. The molecule has 13 heteroatoms. The SMILES string of the molecule is COC(=O)[C@@H](C)Cc1cccc(C(C)(CCCC(C)(C)[N+](=O)[O-])c2nc(-c3cc(Oc4c(F)cc5[nH]ccc5c4Br)ccc3F)n(C)n2)c1. The molecule has 0 saturated heterocycles. The summed E-state index contributed by atoms with van der Waals surface area (Å²) in [6, 6.07) is 14.9. The number of H-pyrrole nitrogens is 1. The number of aryl methyl sites for hydroxylation is 1. The lowest BCUT2D eigenvalue weighted by Gasteiger charge is -2.29. The van der Waals surface area contributed by atoms with Gasteiger partial charge in [0.15, 0.2) is 23.2 Å². The van der Waals surface area contributed by atoms with Gasteiger partial charge in [0.2, 0.25) is 5.54 Å². The van der Waals surface area contributed by atoms with E-state index < -0.39 is 22.6 Å². The monoisotopic (exact) mass is 737 g/mol. The molecule has 0 saturated carbocycles. The normalized spacial score (nSPS) is 13.7. The van der Waals surface area contributed by atoms with Gasteiger partial charge in [-0.3, -0.25) is 14.9 Å². The lowest BCUT2D eigenvalue weighted by Crippen LogP contribution is -2.32. The molecular weight excluding hydrogens is 700 g/mol. The van der Waals surface area contributed by atoms with Crippen molar-refractivity contribution in [2.24, 2.45) is 13.0 Å². The summed E-state index contributed by atoms with van der Waals surface area (Å²) in [5.74, 6) is -1.13. The third-order valence-electron chi connectivity index (χ3n) is 9.03. The van der Waals surface area contributed by atoms with Crippen LogP contribution in [0, 0.1) is 27.7 Å². The minimum atomic E-state index is -1.13. The Morgan fingerprint density at radius 1 is 1.10 bits per heavy atom. The predicted molar refractivity (Wildman–Crippen MR) is 185 cm³/mol. The molecule has 0 aliphatic rings. The Balaban J connectivity index is 1.53. The Morgan fingerprint density at radius 3 is 2.57 bits per heavy atom. The number of nitro groups is 1. The Kier molecular flexibility index (Phi) is 10.2. The molecule has 0 aliphatic heterocycles. The van der Waals surface area contributed by atoms with E-state index >= 15 is 8.78 Å². The molecule has 0 bridgehead atoms. The quantitative estimate of drug-likeness (QED) is 0.0728. The number of rotatable bonds is 13. The van der Waals surface area contributed by atoms with Crippen molar-refractivity contribution in [3.63, 3.8) is 0 Å². The van der Waals surface area contributed by atoms with Crippen LogP contribution in [0.4, 0.5) is 8.78 Å². The smallest absolute Gasteiger partial charge is 0.308 e. The van der Waals surface area contributed by atoms with Crippen LogP contribution in [0.15, 0.2) is 65.3 Å². The second-order valence-corrected chi connectivity index (χ2v) is 13.9. The molecule has 258 valence electrons. The number of hydrogen-bond donors (Lipinski definition) is 1. The molecule has 1 unspecified atom stereocenters. The molecule has 2 heterocycles. The minimum Gasteiger partial charge on any atom is -0.469 e. The van der Waals surface area contributed by atoms with Gasteiger partial charge in [-0.1, -0.05) is 31.2 Å². The molecular formula is C36H38BrF2N5O5. The number of halogens is 3. The van der Waals surface area contributed by atoms with Crippen molar-refractivity contribution in [2.45, 2.75) is 64.3 Å². The van der Waals surface area contributed by atoms with E-state index in [-0.39, 0.29) is 39.7 Å². The fourth-order valence-corrected chi connectivity index (χ4v) is 6.56. The van der Waals surface area contributed by atoms with Gasteiger partial charge in [-0.25, -0.2) is 18.4 Å². The first-order valence-electron chi connectivity index (χ1n) is 15.8. The minimum absolute atomic E-state index is 0.0464. The highest BCUT2D eigenvalue weighted by Gasteiger charge is 2.37. The predicted octanol–water partition coefficient (Wildman–Crippen LogP) is 8.68. The number of hydrogen-bond acceptors (Lipinski definition) is 7. The Labute approximate surface area is 291 Å². The molecule has 0 radical (unpaired) electrons. The molecule has 5 rings (SSSR count). The zero-order chi connectivity index (χ0) is 35.7. The molecule has 1 N–H and O–H groups in total. The van der Waals surface area contributed by atoms with Crippen molar-refractivity contribution in [3.8, 4) is 22.9 Å². The average Bonchev–Trinajstić information content (AvgIpc) is 3.70. The van der Waals surface area contributed by atoms with Crippen molar-refractivity contribution in [2.75, 3.05) is 7.11 Å². The molecule has 0 spiro atoms. The van der Waals surface area contributed by atoms with Crippen molar-refractivity contribution >= 4 is 32.8 Å². The molecule has 0 aliphatic carbocycles. The highest BCUT2D eigenvalue weighted by molar-refractivity contribution is 9.10. The Bertz CT molecular complexity index is 2030. The summed E-state index contributed by atoms with van der Waals surface area (Å²) in [7, 11) is 3.01. The van der Waals surface area contributed by atoms with E-state index in [0.717, 1.165) is 16.5 Å². The van der Waals surface area contributed by atoms with Crippen LogP contribution in [0.25, 0.3) is 22.3 Å². The highest BCUT2D eigenvalue weighted by Crippen LogP contribution is 2.41. The third-order valence-corrected chi connectivity index (χ3v) is 9.81. The summed E-state index contributed by atoms with van der Waals surface area (Å²) in [6.45, 7) is 6.94. The first kappa shape index (κ1) is 35.7. The molecule has 2 atom stereocenters. The van der Waals surface area contributed by atoms with Gasteiger partial charge in [-0.2, -0.15) is 5.10 Å². The van der Waals surface area contributed by atoms with E-state index in [0.29, 0.717) is 41.5 Å². The summed E-state index contributed by atoms with van der Waals surface area (Å²) in [6.07, 6.45) is 3.37. The molecule has 5 aromatic rings. The summed E-state index contributed by atoms with van der Waals surface area (Å²) >= 11 is 3.43. The largest absolute Gasteiger partial charge is 0.469 e. The van der Waals surface area contributed by atoms with Gasteiger partial charge in [0, 0.05) is 55.4 Å². The van der Waals surface area contributed by atoms with Gasteiger partial charge in [0.05, 0.1) is 28.5 Å². The number of esters is 1. The van der Waals surface area contributed by atoms with Crippen molar-refractivity contribution < 1.29 is 28.0 Å². The standard InChI is InChI=1S/C36H38BrF2N5O5/c1-21(33(45)48-6)17-22-9-7-10-23(18-22)36(4,15-8-14-35(2,3)44(46)47)34-41-32(43(5)42-34)26-19-24(11-12-27(26)38)49-31-28(39)20-29-25(30(31)37)13-16-40-29/h7,9-13,16,18-21,40H,8,14-15,17H2,1-6H3/t21-,36?/m0/s1. The lowest BCUT2D eigenvalue weighted by atomic mass is 9.75. The molecule has 3 aromatic carbocycles. The second-order valence-electron chi connectivity index (χ2n) is 13.2. The first-order chi connectivity index (χ1) is 23.1. The fourth-order valence-electron chi connectivity index (χ4n) is 5.95. The molecule has 0 amide bonds. The van der Waals surface area contributed by atoms with Gasteiger partial charge < -0.3 is 14.5 Å². The second kappa shape index (κ2) is 14.1. The number of aromatic amines is 1. The molecule has 0 fully saturated rings. The van der Waals surface area contributed by atoms with Crippen LogP contribution in [0.2, 0.25) is 0 Å². The average molecular weight is 739 g/mol. The van der Waals surface area contributed by atoms with Crippen LogP contribution < -0.4 is 4.74 Å². The molecule has 10 nitrogen and oxygen atoms in total. The number of fused-ring (bicyclic) bond motifs is 1. The van der Waals surface area contributed by atoms with Crippen LogP contribution >= 0.6 is 15.9 Å². The fraction of sp³-hybridized carbons (Fsp3) is 0.361. The van der Waals surface area contributed by atoms with Gasteiger partial charge >= 0.3 is 5.97 Å². The number of carbonyl (C=O) groups is 1. The number of carbonyl (C=O) groups excluding carboxylic acids is 1. The lowest BCUT2D eigenvalue weighted by molar-refractivity contribution is -0.561. The van der Waals surface area contributed by atoms with Gasteiger partial charge in [0.25, 0.3) is 0 Å². The zero-order valence-electron chi connectivity index (χ0n) is 28.1. The summed E-state index contributed by atoms with van der Waals surface area (Å²) < 4.78 is 43.3. The Hall–Kier alpha value is -4.65. The topological polar surface area (TPSA) is 125 Å². The number of benzene rings is 3. The maximum atomic E-state index is 15.5. The van der Waals surface area contributed by atoms with Crippen LogP contribution in [0.1, 0.15) is 63.9 Å². The summed E-state index contributed by atoms with van der Waals surface area (Å²) in [4.78, 5) is 31.4. The number of nitrogens with one attached hydrogen (secondary N) is 1. The van der Waals surface area contributed by atoms with Gasteiger partial charge in [-0.05, 0) is 77.5 Å². The van der Waals surface area contributed by atoms with Gasteiger partial charge in [0.1, 0.15) is 11.6 Å². The Morgan fingerprint density at radius 2 is 1.86 bits per heavy atom. The van der Waals surface area contributed by atoms with Crippen molar-refractivity contribution in [1.29, 1.82) is 0 Å². The number of aromatic nitrogens is 4. The molecule has 2 aromatic heterocycles. The van der Waals surface area contributed by atoms with E-state index in [1.54, 1.807) is 40.1 Å². The van der Waals surface area contributed by atoms with E-state index in [1.165, 1.54) is 36.1 Å². The third kappa shape index (κ3) is 7.36. The van der Waals surface area contributed by atoms with Crippen molar-refractivity contribution in [3.05, 3.63) is 104 Å². The first-order valence-corrected chi connectivity index (χ1v) is 16.6. The van der Waals surface area contributed by atoms with Crippen LogP contribution in [-0.2, 0) is 28.4 Å². The maximum absolute atomic E-state index is 15.5. The maximum Gasteiger partial charge on any atom is 0.308 e. The van der Waals surface area contributed by atoms with E-state index in [9.17, 15) is 14.9 Å². The van der Waals surface area contributed by atoms with E-state index in [2.05, 4.69) is 20.9 Å². The van der Waals surface area contributed by atoms with Crippen LogP contribution in [0.5, 0.6) is 11.5 Å². The number of ether oxygens (including phenoxy) is 2. The highest BCUT2D eigenvalue weighted by atomic mass is 79.9. The van der Waals surface area contributed by atoms with Crippen LogP contribution in [-0.4, -0.2) is 43.3 Å². The summed E-state index contributed by atoms with van der Waals surface area (Å²) in [5.41, 5.74) is 0.446. The van der Waals surface area contributed by atoms with Crippen molar-refractivity contribution in [1.82, 2.24) is 19.7 Å². The number of nitrogens with zero attached hydrogens (tertiary/aromatic N) is 4. The van der Waals surface area contributed by atoms with Gasteiger partial charge in [-0.15, -0.1) is 0 Å². The zero-order valence-corrected chi connectivity index (χ0v) is 29.7. The van der Waals surface area contributed by atoms with E-state index in [4.69, 9.17) is 19.6 Å². The van der Waals surface area contributed by atoms with Crippen LogP contribution in [0.3, 0.4) is 0 Å². The number of methoxy groups -OCH3 is 1. The summed E-state index contributed by atoms with van der Waals surface area (Å²) in [5, 5.41) is 17.1. The van der Waals surface area contributed by atoms with E-state index in [1.807, 2.05) is 31.2 Å².